The average Bonchev–Trinajstić information content (AvgIpc) is 2.60. The van der Waals surface area contributed by atoms with Gasteiger partial charge in [-0.3, -0.25) is 9.13 Å². The molecule has 2 aromatic rings. The standard InChI is InChI=1S/C11H13BCl2N2/c1-15-8-9-16(2)11(15)12(13,14)10-6-4-3-5-7-10/h3-9H,1-2H3. The number of hydrogen-bond acceptors (Lipinski definition) is 0. The maximum Gasteiger partial charge on any atom is 0.306 e. The first-order valence-electron chi connectivity index (χ1n) is 5.12. The van der Waals surface area contributed by atoms with Crippen LogP contribution in [0.3, 0.4) is 0 Å². The zero-order valence-corrected chi connectivity index (χ0v) is 10.8. The third kappa shape index (κ3) is 1.85. The molecule has 1 heterocycles. The van der Waals surface area contributed by atoms with Gasteiger partial charge in [0, 0.05) is 0 Å². The third-order valence-corrected chi connectivity index (χ3v) is 3.67. The van der Waals surface area contributed by atoms with E-state index >= 15 is 0 Å². The van der Waals surface area contributed by atoms with Crippen molar-refractivity contribution in [1.82, 2.24) is 4.57 Å². The molecule has 0 atom stereocenters. The summed E-state index contributed by atoms with van der Waals surface area (Å²) < 4.78 is 3.90. The average molecular weight is 255 g/mol. The van der Waals surface area contributed by atoms with Gasteiger partial charge in [0.2, 0.25) is 0 Å². The molecule has 0 fully saturated rings. The lowest BCUT2D eigenvalue weighted by Gasteiger charge is -2.24. The zero-order valence-electron chi connectivity index (χ0n) is 9.27. The molecule has 0 aliphatic heterocycles. The molecule has 0 unspecified atom stereocenters. The minimum absolute atomic E-state index is 0.898. The Labute approximate surface area is 105 Å². The molecule has 0 amide bonds. The first-order chi connectivity index (χ1) is 7.53. The van der Waals surface area contributed by atoms with Crippen LogP contribution in [0.2, 0.25) is 0 Å². The van der Waals surface area contributed by atoms with E-state index in [9.17, 15) is 0 Å². The van der Waals surface area contributed by atoms with E-state index in [-0.39, 0.29) is 0 Å². The molecule has 0 saturated heterocycles. The lowest BCUT2D eigenvalue weighted by molar-refractivity contribution is -0.653. The van der Waals surface area contributed by atoms with Crippen LogP contribution in [0, 0.1) is 0 Å². The Bertz CT molecular complexity index is 474. The van der Waals surface area contributed by atoms with E-state index in [0.29, 0.717) is 0 Å². The van der Waals surface area contributed by atoms with E-state index in [1.54, 1.807) is 0 Å². The van der Waals surface area contributed by atoms with Gasteiger partial charge in [-0.15, -0.1) is 0 Å². The molecule has 0 aliphatic rings. The van der Waals surface area contributed by atoms with Crippen LogP contribution in [0.4, 0.5) is 0 Å². The highest BCUT2D eigenvalue weighted by atomic mass is 35.5. The molecule has 16 heavy (non-hydrogen) atoms. The van der Waals surface area contributed by atoms with Gasteiger partial charge in [0.05, 0.1) is 14.1 Å². The quantitative estimate of drug-likeness (QED) is 0.556. The summed E-state index contributed by atoms with van der Waals surface area (Å²) in [7, 11) is 3.89. The Hall–Kier alpha value is -0.925. The first-order valence-corrected chi connectivity index (χ1v) is 5.99. The topological polar surface area (TPSA) is 8.81 Å². The van der Waals surface area contributed by atoms with E-state index < -0.39 is 4.98 Å². The minimum Gasteiger partial charge on any atom is -0.349 e. The maximum atomic E-state index is 6.53. The molecule has 2 rings (SSSR count). The Balaban J connectivity index is 2.55. The Kier molecular flexibility index (Phi) is 3.00. The third-order valence-electron chi connectivity index (χ3n) is 2.78. The van der Waals surface area contributed by atoms with Gasteiger partial charge in [-0.05, 0) is 0 Å². The van der Waals surface area contributed by atoms with Crippen molar-refractivity contribution in [2.75, 3.05) is 0 Å². The molecule has 84 valence electrons. The number of imidazole rings is 1. The van der Waals surface area contributed by atoms with Crippen molar-refractivity contribution in [3.8, 4) is 0 Å². The van der Waals surface area contributed by atoms with Crippen LogP contribution in [0.5, 0.6) is 0 Å². The van der Waals surface area contributed by atoms with E-state index in [1.807, 2.05) is 66.0 Å². The Morgan fingerprint density at radius 2 is 1.81 bits per heavy atom. The van der Waals surface area contributed by atoms with Crippen molar-refractivity contribution in [1.29, 1.82) is 0 Å². The fraction of sp³-hybridized carbons (Fsp3) is 0.182. The predicted molar refractivity (Wildman–Crippen MR) is 69.8 cm³/mol. The molecular formula is C11H13BCl2N2. The van der Waals surface area contributed by atoms with Crippen molar-refractivity contribution in [2.45, 2.75) is 0 Å². The summed E-state index contributed by atoms with van der Waals surface area (Å²) in [6.45, 7) is 0. The summed E-state index contributed by atoms with van der Waals surface area (Å²) in [6.07, 6.45) is 3.89. The summed E-state index contributed by atoms with van der Waals surface area (Å²) in [6, 6.07) is 9.74. The molecule has 5 heteroatoms. The number of aromatic nitrogens is 2. The fourth-order valence-corrected chi connectivity index (χ4v) is 2.86. The lowest BCUT2D eigenvalue weighted by Crippen LogP contribution is -2.64. The van der Waals surface area contributed by atoms with Crippen molar-refractivity contribution in [3.63, 3.8) is 0 Å². The minimum atomic E-state index is -1.75. The first kappa shape index (κ1) is 11.6. The van der Waals surface area contributed by atoms with Crippen molar-refractivity contribution >= 4 is 39.1 Å². The van der Waals surface area contributed by atoms with Crippen LogP contribution in [0.1, 0.15) is 0 Å². The van der Waals surface area contributed by atoms with Gasteiger partial charge in [-0.1, -0.05) is 30.3 Å². The summed E-state index contributed by atoms with van der Waals surface area (Å²) in [5.41, 5.74) is 1.83. The van der Waals surface area contributed by atoms with Crippen LogP contribution in [-0.4, -0.2) is 9.54 Å². The molecule has 0 saturated carbocycles. The van der Waals surface area contributed by atoms with E-state index in [4.69, 9.17) is 22.9 Å². The van der Waals surface area contributed by atoms with Gasteiger partial charge in [-0.2, -0.15) is 5.46 Å². The van der Waals surface area contributed by atoms with Crippen molar-refractivity contribution < 1.29 is 4.57 Å². The largest absolute Gasteiger partial charge is 0.349 e. The lowest BCUT2D eigenvalue weighted by atomic mass is 9.65. The summed E-state index contributed by atoms with van der Waals surface area (Å²) in [5, 5.41) is 0. The highest BCUT2D eigenvalue weighted by molar-refractivity contribution is 7.55. The maximum absolute atomic E-state index is 6.53. The van der Waals surface area contributed by atoms with Crippen LogP contribution in [0.15, 0.2) is 42.7 Å². The van der Waals surface area contributed by atoms with Crippen LogP contribution >= 0.6 is 22.9 Å². The molecule has 0 aliphatic carbocycles. The fourth-order valence-electron chi connectivity index (χ4n) is 1.96. The number of hydrogen-bond donors (Lipinski definition) is 0. The van der Waals surface area contributed by atoms with E-state index in [2.05, 4.69) is 0 Å². The van der Waals surface area contributed by atoms with Crippen molar-refractivity contribution in [2.24, 2.45) is 14.1 Å². The Morgan fingerprint density at radius 3 is 2.31 bits per heavy atom. The van der Waals surface area contributed by atoms with Crippen molar-refractivity contribution in [3.05, 3.63) is 42.7 Å². The highest BCUT2D eigenvalue weighted by Gasteiger charge is 2.32. The molecule has 1 aromatic heterocycles. The normalized spacial score (nSPS) is 11.8. The molecular weight excluding hydrogens is 242 g/mol. The number of benzene rings is 1. The number of halogens is 2. The second kappa shape index (κ2) is 4.15. The van der Waals surface area contributed by atoms with Crippen LogP contribution in [-0.2, 0) is 14.1 Å². The van der Waals surface area contributed by atoms with E-state index in [1.165, 1.54) is 0 Å². The summed E-state index contributed by atoms with van der Waals surface area (Å²) in [5.74, 6) is 0. The molecule has 0 spiro atoms. The molecule has 0 radical (unpaired) electrons. The second-order valence-electron chi connectivity index (χ2n) is 3.95. The monoisotopic (exact) mass is 254 g/mol. The molecule has 1 aromatic carbocycles. The smallest absolute Gasteiger partial charge is 0.306 e. The summed E-state index contributed by atoms with van der Waals surface area (Å²) >= 11 is 13.1. The van der Waals surface area contributed by atoms with Gasteiger partial charge in [-0.25, -0.2) is 0 Å². The van der Waals surface area contributed by atoms with E-state index in [0.717, 1.165) is 11.2 Å². The van der Waals surface area contributed by atoms with Gasteiger partial charge >= 0.3 is 4.98 Å². The summed E-state index contributed by atoms with van der Waals surface area (Å²) in [4.78, 5) is -1.75. The zero-order chi connectivity index (χ0) is 11.8. The number of rotatable bonds is 2. The molecule has 2 nitrogen and oxygen atoms in total. The second-order valence-corrected chi connectivity index (χ2v) is 5.48. The van der Waals surface area contributed by atoms with Crippen LogP contribution < -0.4 is 15.8 Å². The van der Waals surface area contributed by atoms with Gasteiger partial charge in [0.15, 0.2) is 0 Å². The van der Waals surface area contributed by atoms with Gasteiger partial charge < -0.3 is 22.9 Å². The highest BCUT2D eigenvalue weighted by Crippen LogP contribution is 2.13. The van der Waals surface area contributed by atoms with Gasteiger partial charge in [0.25, 0.3) is 0 Å². The number of aryl methyl sites for hydroxylation is 2. The molecule has 0 N–H and O–H groups in total. The Morgan fingerprint density at radius 1 is 1.19 bits per heavy atom. The molecule has 0 bridgehead atoms. The SMILES string of the molecule is Cn1cc[n+](C)c1[B-](Cl)(Cl)c1ccccc1. The number of nitrogens with zero attached hydrogens (tertiary/aromatic N) is 2. The van der Waals surface area contributed by atoms with Gasteiger partial charge in [0.1, 0.15) is 18.1 Å². The van der Waals surface area contributed by atoms with Crippen LogP contribution in [0.25, 0.3) is 0 Å². The predicted octanol–water partition coefficient (Wildman–Crippen LogP) is 0.884.